The molecular weight excluding hydrogens is 620 g/mol. The number of benzene rings is 2. The Balaban J connectivity index is 1.60. The molecule has 17 nitrogen and oxygen atoms in total. The lowest BCUT2D eigenvalue weighted by molar-refractivity contribution is -0.363. The largest absolute Gasteiger partial charge is 0.504 e. The predicted octanol–water partition coefficient (Wildman–Crippen LogP) is -1.95. The number of aliphatic carboxylic acids is 1. The number of aliphatic hydroxyl groups excluding tert-OH is 5. The Kier molecular flexibility index (Phi) is 11.4. The molecule has 0 unspecified atom stereocenters. The standard InChI is InChI=1S/C29H34O17/c30-11-18-20(36)24(44-19(35)6-3-12-1-4-14(31)16(33)9-12)26(46-28-23(39)21(37)22(38)25(45-28)27(40)41)29(43-18)42-8-7-13-2-5-15(32)17(34)10-13/h1-6,9-10,18,20-26,28-34,36-39H,7-8,11H2,(H,40,41)/b6-3+/t18-,20-,21+,22+,23-,24+,25+,26-,28+,29-/m1/s1. The van der Waals surface area contributed by atoms with E-state index in [0.29, 0.717) is 5.56 Å². The van der Waals surface area contributed by atoms with Crippen LogP contribution in [0.15, 0.2) is 42.5 Å². The summed E-state index contributed by atoms with van der Waals surface area (Å²) in [5, 5.41) is 99.6. The van der Waals surface area contributed by atoms with Crippen molar-refractivity contribution in [3.63, 3.8) is 0 Å². The fraction of sp³-hybridized carbons (Fsp3) is 0.448. The molecule has 0 saturated carbocycles. The number of aromatic hydroxyl groups is 4. The van der Waals surface area contributed by atoms with Crippen LogP contribution in [0.5, 0.6) is 23.0 Å². The maximum atomic E-state index is 12.9. The van der Waals surface area contributed by atoms with E-state index >= 15 is 0 Å². The zero-order valence-corrected chi connectivity index (χ0v) is 23.8. The summed E-state index contributed by atoms with van der Waals surface area (Å²) in [5.41, 5.74) is 0.774. The minimum Gasteiger partial charge on any atom is -0.504 e. The molecule has 2 aromatic carbocycles. The van der Waals surface area contributed by atoms with E-state index in [1.165, 1.54) is 36.4 Å². The molecule has 46 heavy (non-hydrogen) atoms. The van der Waals surface area contributed by atoms with E-state index in [1.54, 1.807) is 0 Å². The maximum absolute atomic E-state index is 12.9. The number of rotatable bonds is 11. The second kappa shape index (κ2) is 15.0. The number of hydrogen-bond donors (Lipinski definition) is 10. The van der Waals surface area contributed by atoms with E-state index in [0.717, 1.165) is 12.1 Å². The molecule has 2 saturated heterocycles. The molecule has 0 bridgehead atoms. The van der Waals surface area contributed by atoms with Gasteiger partial charge in [0.15, 0.2) is 53.9 Å². The van der Waals surface area contributed by atoms with Gasteiger partial charge in [-0.15, -0.1) is 0 Å². The van der Waals surface area contributed by atoms with Crippen molar-refractivity contribution in [3.05, 3.63) is 53.6 Å². The molecule has 2 fully saturated rings. The fourth-order valence-corrected chi connectivity index (χ4v) is 4.77. The van der Waals surface area contributed by atoms with Crippen molar-refractivity contribution in [3.8, 4) is 23.0 Å². The highest BCUT2D eigenvalue weighted by molar-refractivity contribution is 5.87. The molecule has 2 aliphatic rings. The van der Waals surface area contributed by atoms with Crippen LogP contribution in [0.25, 0.3) is 6.08 Å². The number of carboxylic acid groups (broad SMARTS) is 1. The zero-order valence-electron chi connectivity index (χ0n) is 23.8. The normalized spacial score (nSPS) is 31.5. The summed E-state index contributed by atoms with van der Waals surface area (Å²) >= 11 is 0. The molecule has 10 N–H and O–H groups in total. The lowest BCUT2D eigenvalue weighted by Gasteiger charge is -2.46. The molecule has 252 valence electrons. The summed E-state index contributed by atoms with van der Waals surface area (Å²) in [5.74, 6) is -4.40. The van der Waals surface area contributed by atoms with Gasteiger partial charge in [0, 0.05) is 6.08 Å². The summed E-state index contributed by atoms with van der Waals surface area (Å²) in [7, 11) is 0. The number of carbonyl (C=O) groups is 2. The monoisotopic (exact) mass is 654 g/mol. The van der Waals surface area contributed by atoms with Crippen LogP contribution in [-0.4, -0.2) is 138 Å². The lowest BCUT2D eigenvalue weighted by Crippen LogP contribution is -2.65. The molecule has 2 aromatic rings. The summed E-state index contributed by atoms with van der Waals surface area (Å²) < 4.78 is 27.8. The number of hydrogen-bond acceptors (Lipinski definition) is 16. The predicted molar refractivity (Wildman–Crippen MR) is 149 cm³/mol. The Bertz CT molecular complexity index is 1400. The number of phenols is 4. The third kappa shape index (κ3) is 8.02. The first-order valence-corrected chi connectivity index (χ1v) is 13.9. The van der Waals surface area contributed by atoms with E-state index in [2.05, 4.69) is 0 Å². The zero-order chi connectivity index (χ0) is 33.7. The van der Waals surface area contributed by atoms with E-state index < -0.39 is 97.2 Å². The minimum atomic E-state index is -2.06. The van der Waals surface area contributed by atoms with Gasteiger partial charge in [-0.2, -0.15) is 0 Å². The minimum absolute atomic E-state index is 0.105. The van der Waals surface area contributed by atoms with E-state index in [-0.39, 0.29) is 24.3 Å². The molecule has 0 aliphatic carbocycles. The Morgan fingerprint density at radius 2 is 1.46 bits per heavy atom. The second-order valence-corrected chi connectivity index (χ2v) is 10.5. The van der Waals surface area contributed by atoms with Gasteiger partial charge in [-0.25, -0.2) is 9.59 Å². The van der Waals surface area contributed by atoms with E-state index in [4.69, 9.17) is 23.7 Å². The molecule has 10 atom stereocenters. The molecular formula is C29H34O17. The molecule has 2 heterocycles. The van der Waals surface area contributed by atoms with Gasteiger partial charge in [0.1, 0.15) is 30.5 Å². The first-order valence-electron chi connectivity index (χ1n) is 13.9. The Morgan fingerprint density at radius 3 is 2.09 bits per heavy atom. The molecule has 4 rings (SSSR count). The van der Waals surface area contributed by atoms with Crippen LogP contribution < -0.4 is 0 Å². The van der Waals surface area contributed by atoms with E-state index in [1.807, 2.05) is 0 Å². The van der Waals surface area contributed by atoms with Gasteiger partial charge < -0.3 is 74.7 Å². The van der Waals surface area contributed by atoms with Crippen molar-refractivity contribution in [1.29, 1.82) is 0 Å². The molecule has 0 radical (unpaired) electrons. The van der Waals surface area contributed by atoms with Gasteiger partial charge >= 0.3 is 11.9 Å². The molecule has 0 aromatic heterocycles. The third-order valence-corrected chi connectivity index (χ3v) is 7.28. The van der Waals surface area contributed by atoms with Crippen molar-refractivity contribution >= 4 is 18.0 Å². The van der Waals surface area contributed by atoms with Crippen molar-refractivity contribution in [2.75, 3.05) is 13.2 Å². The average molecular weight is 655 g/mol. The van der Waals surface area contributed by atoms with Gasteiger partial charge in [0.2, 0.25) is 0 Å². The van der Waals surface area contributed by atoms with Crippen LogP contribution >= 0.6 is 0 Å². The van der Waals surface area contributed by atoms with Crippen LogP contribution in [0, 0.1) is 0 Å². The maximum Gasteiger partial charge on any atom is 0.335 e. The Morgan fingerprint density at radius 1 is 0.783 bits per heavy atom. The molecule has 0 amide bonds. The Hall–Kier alpha value is -4.04. The van der Waals surface area contributed by atoms with Crippen LogP contribution in [0.1, 0.15) is 11.1 Å². The highest BCUT2D eigenvalue weighted by atomic mass is 16.8. The SMILES string of the molecule is O=C(/C=C/c1ccc(O)c(O)c1)O[C@H]1[C@H](O)[C@@H](CO)O[C@@H](OCCc2ccc(O)c(O)c2)[C@@H]1O[C@@H]1O[C@H](C(=O)O)[C@@H](O)[C@H](O)[C@H]1O. The summed E-state index contributed by atoms with van der Waals surface area (Å²) in [4.78, 5) is 24.5. The average Bonchev–Trinajstić information content (AvgIpc) is 3.02. The fourth-order valence-electron chi connectivity index (χ4n) is 4.77. The number of phenolic OH excluding ortho intramolecular Hbond substituents is 4. The van der Waals surface area contributed by atoms with Crippen LogP contribution in [0.4, 0.5) is 0 Å². The van der Waals surface area contributed by atoms with Gasteiger partial charge in [0.25, 0.3) is 0 Å². The quantitative estimate of drug-likeness (QED) is 0.0716. The van der Waals surface area contributed by atoms with Crippen LogP contribution in [0.3, 0.4) is 0 Å². The molecule has 17 heteroatoms. The Labute approximate surface area is 260 Å². The van der Waals surface area contributed by atoms with Crippen molar-refractivity contribution in [1.82, 2.24) is 0 Å². The molecule has 0 spiro atoms. The van der Waals surface area contributed by atoms with Gasteiger partial charge in [0.05, 0.1) is 13.2 Å². The first-order chi connectivity index (χ1) is 21.8. The molecule has 2 aliphatic heterocycles. The smallest absolute Gasteiger partial charge is 0.335 e. The van der Waals surface area contributed by atoms with Crippen molar-refractivity contribution < 1.29 is 84.3 Å². The number of aliphatic hydroxyl groups is 5. The number of carboxylic acids is 1. The van der Waals surface area contributed by atoms with Crippen LogP contribution in [-0.2, 0) is 39.7 Å². The number of ether oxygens (including phenoxy) is 5. The summed E-state index contributed by atoms with van der Waals surface area (Å²) in [6.07, 6.45) is -16.3. The van der Waals surface area contributed by atoms with Crippen LogP contribution in [0.2, 0.25) is 0 Å². The highest BCUT2D eigenvalue weighted by Gasteiger charge is 2.53. The second-order valence-electron chi connectivity index (χ2n) is 10.5. The van der Waals surface area contributed by atoms with Gasteiger partial charge in [-0.05, 0) is 47.9 Å². The number of esters is 1. The first kappa shape index (κ1) is 34.8. The van der Waals surface area contributed by atoms with E-state index in [9.17, 15) is 60.7 Å². The number of carbonyl (C=O) groups excluding carboxylic acids is 1. The van der Waals surface area contributed by atoms with Crippen molar-refractivity contribution in [2.45, 2.75) is 67.8 Å². The topological polar surface area (TPSA) is 283 Å². The lowest BCUT2D eigenvalue weighted by atomic mass is 9.97. The summed E-state index contributed by atoms with van der Waals surface area (Å²) in [6, 6.07) is 7.69. The van der Waals surface area contributed by atoms with Crippen molar-refractivity contribution in [2.24, 2.45) is 0 Å². The van der Waals surface area contributed by atoms with Gasteiger partial charge in [-0.1, -0.05) is 12.1 Å². The highest BCUT2D eigenvalue weighted by Crippen LogP contribution is 2.32. The summed E-state index contributed by atoms with van der Waals surface area (Å²) in [6.45, 7) is -0.994. The van der Waals surface area contributed by atoms with Gasteiger partial charge in [-0.3, -0.25) is 0 Å². The third-order valence-electron chi connectivity index (χ3n) is 7.28.